The van der Waals surface area contributed by atoms with Gasteiger partial charge in [-0.2, -0.15) is 0 Å². The molecule has 1 aliphatic heterocycles. The number of nitrogens with one attached hydrogen (secondary N) is 1. The highest BCUT2D eigenvalue weighted by molar-refractivity contribution is 5.87. The molecule has 28 heavy (non-hydrogen) atoms. The summed E-state index contributed by atoms with van der Waals surface area (Å²) in [6.07, 6.45) is 8.05. The zero-order chi connectivity index (χ0) is 19.3. The van der Waals surface area contributed by atoms with Crippen LogP contribution in [-0.4, -0.2) is 37.0 Å². The van der Waals surface area contributed by atoms with Crippen LogP contribution in [0.1, 0.15) is 56.8 Å². The van der Waals surface area contributed by atoms with Crippen molar-refractivity contribution in [1.82, 2.24) is 10.2 Å². The molecule has 1 amide bonds. The van der Waals surface area contributed by atoms with Crippen molar-refractivity contribution in [2.24, 2.45) is 5.92 Å². The Morgan fingerprint density at radius 1 is 1.25 bits per heavy atom. The Labute approximate surface area is 167 Å². The van der Waals surface area contributed by atoms with Gasteiger partial charge in [0, 0.05) is 36.5 Å². The first-order valence-electron chi connectivity index (χ1n) is 10.9. The van der Waals surface area contributed by atoms with Gasteiger partial charge in [-0.3, -0.25) is 9.69 Å². The molecule has 1 aromatic carbocycles. The zero-order valence-corrected chi connectivity index (χ0v) is 17.0. The number of nitrogens with zero attached hydrogens (tertiary/aromatic N) is 1. The first-order chi connectivity index (χ1) is 13.8. The molecule has 2 heterocycles. The molecule has 5 nitrogen and oxygen atoms in total. The predicted molar refractivity (Wildman–Crippen MR) is 111 cm³/mol. The van der Waals surface area contributed by atoms with Crippen molar-refractivity contribution < 1.29 is 13.9 Å². The maximum atomic E-state index is 12.4. The van der Waals surface area contributed by atoms with E-state index in [1.165, 1.54) is 36.6 Å². The summed E-state index contributed by atoms with van der Waals surface area (Å²) >= 11 is 0. The van der Waals surface area contributed by atoms with Crippen molar-refractivity contribution in [3.63, 3.8) is 0 Å². The number of rotatable bonds is 6. The highest BCUT2D eigenvalue weighted by Gasteiger charge is 2.24. The standard InChI is InChI=1S/C23H32N2O3/c1-2-27-20-11-7-10-19-18-12-14-25(16-21(18)28-22(19)20)15-13-24-23(26)17-8-5-3-4-6-9-17/h7,10-11,17H,2-6,8-9,12-16H2,1H3,(H,24,26). The molecule has 4 rings (SSSR count). The lowest BCUT2D eigenvalue weighted by Crippen LogP contribution is -2.39. The summed E-state index contributed by atoms with van der Waals surface area (Å²) in [5.41, 5.74) is 2.19. The number of para-hydroxylation sites is 1. The van der Waals surface area contributed by atoms with Crippen LogP contribution in [0, 0.1) is 5.92 Å². The van der Waals surface area contributed by atoms with Crippen LogP contribution in [0.4, 0.5) is 0 Å². The number of furan rings is 1. The van der Waals surface area contributed by atoms with Crippen molar-refractivity contribution in [3.8, 4) is 5.75 Å². The minimum Gasteiger partial charge on any atom is -0.490 e. The first-order valence-corrected chi connectivity index (χ1v) is 10.9. The molecule has 0 spiro atoms. The van der Waals surface area contributed by atoms with Crippen LogP contribution in [0.15, 0.2) is 22.6 Å². The van der Waals surface area contributed by atoms with Crippen molar-refractivity contribution in [1.29, 1.82) is 0 Å². The van der Waals surface area contributed by atoms with Crippen LogP contribution in [0.25, 0.3) is 11.0 Å². The van der Waals surface area contributed by atoms with Gasteiger partial charge in [-0.15, -0.1) is 0 Å². The maximum absolute atomic E-state index is 12.4. The monoisotopic (exact) mass is 384 g/mol. The van der Waals surface area contributed by atoms with E-state index in [1.807, 2.05) is 19.1 Å². The molecule has 0 unspecified atom stereocenters. The molecule has 2 aliphatic rings. The van der Waals surface area contributed by atoms with E-state index in [0.717, 1.165) is 62.5 Å². The van der Waals surface area contributed by atoms with Crippen molar-refractivity contribution in [2.45, 2.75) is 58.4 Å². The van der Waals surface area contributed by atoms with Crippen LogP contribution in [0.2, 0.25) is 0 Å². The molecule has 0 bridgehead atoms. The van der Waals surface area contributed by atoms with Gasteiger partial charge in [-0.1, -0.05) is 37.8 Å². The first kappa shape index (κ1) is 19.3. The Morgan fingerprint density at radius 2 is 2.07 bits per heavy atom. The Hall–Kier alpha value is -2.01. The number of benzene rings is 1. The van der Waals surface area contributed by atoms with Crippen LogP contribution >= 0.6 is 0 Å². The summed E-state index contributed by atoms with van der Waals surface area (Å²) in [7, 11) is 0. The van der Waals surface area contributed by atoms with Gasteiger partial charge in [0.25, 0.3) is 0 Å². The largest absolute Gasteiger partial charge is 0.490 e. The number of amides is 1. The number of ether oxygens (including phenoxy) is 1. The second-order valence-corrected chi connectivity index (χ2v) is 8.08. The normalized spacial score (nSPS) is 18.6. The van der Waals surface area contributed by atoms with E-state index >= 15 is 0 Å². The zero-order valence-electron chi connectivity index (χ0n) is 17.0. The fourth-order valence-corrected chi connectivity index (χ4v) is 4.63. The topological polar surface area (TPSA) is 54.7 Å². The molecule has 0 atom stereocenters. The highest BCUT2D eigenvalue weighted by Crippen LogP contribution is 2.35. The summed E-state index contributed by atoms with van der Waals surface area (Å²) in [5, 5.41) is 4.36. The van der Waals surface area contributed by atoms with Gasteiger partial charge in [-0.05, 0) is 32.3 Å². The summed E-state index contributed by atoms with van der Waals surface area (Å²) in [6, 6.07) is 6.14. The van der Waals surface area contributed by atoms with E-state index in [4.69, 9.17) is 9.15 Å². The third-order valence-corrected chi connectivity index (χ3v) is 6.16. The number of carbonyl (C=O) groups excluding carboxylic acids is 1. The average molecular weight is 385 g/mol. The lowest BCUT2D eigenvalue weighted by Gasteiger charge is -2.26. The van der Waals surface area contributed by atoms with Crippen LogP contribution in [0.5, 0.6) is 5.75 Å². The number of hydrogen-bond acceptors (Lipinski definition) is 4. The minimum absolute atomic E-state index is 0.225. The van der Waals surface area contributed by atoms with E-state index in [0.29, 0.717) is 6.61 Å². The van der Waals surface area contributed by atoms with Gasteiger partial charge >= 0.3 is 0 Å². The van der Waals surface area contributed by atoms with Crippen molar-refractivity contribution in [2.75, 3.05) is 26.2 Å². The molecular weight excluding hydrogens is 352 g/mol. The van der Waals surface area contributed by atoms with E-state index in [-0.39, 0.29) is 11.8 Å². The molecule has 1 aromatic heterocycles. The summed E-state index contributed by atoms with van der Waals surface area (Å²) in [6.45, 7) is 6.01. The smallest absolute Gasteiger partial charge is 0.223 e. The highest BCUT2D eigenvalue weighted by atomic mass is 16.5. The van der Waals surface area contributed by atoms with Gasteiger partial charge < -0.3 is 14.5 Å². The third kappa shape index (κ3) is 4.19. The average Bonchev–Trinajstić information content (AvgIpc) is 2.88. The molecule has 5 heteroatoms. The van der Waals surface area contributed by atoms with E-state index in [2.05, 4.69) is 16.3 Å². The van der Waals surface area contributed by atoms with Crippen LogP contribution in [-0.2, 0) is 17.8 Å². The molecular formula is C23H32N2O3. The lowest BCUT2D eigenvalue weighted by atomic mass is 9.99. The Morgan fingerprint density at radius 3 is 2.86 bits per heavy atom. The summed E-state index contributed by atoms with van der Waals surface area (Å²) in [5.74, 6) is 2.35. The summed E-state index contributed by atoms with van der Waals surface area (Å²) < 4.78 is 11.9. The molecule has 1 N–H and O–H groups in total. The fraction of sp³-hybridized carbons (Fsp3) is 0.609. The number of fused-ring (bicyclic) bond motifs is 3. The van der Waals surface area contributed by atoms with Gasteiger partial charge in [0.1, 0.15) is 5.76 Å². The van der Waals surface area contributed by atoms with Crippen molar-refractivity contribution in [3.05, 3.63) is 29.5 Å². The summed E-state index contributed by atoms with van der Waals surface area (Å²) in [4.78, 5) is 14.8. The predicted octanol–water partition coefficient (Wildman–Crippen LogP) is 4.28. The lowest BCUT2D eigenvalue weighted by molar-refractivity contribution is -0.125. The van der Waals surface area contributed by atoms with Crippen LogP contribution < -0.4 is 10.1 Å². The molecule has 152 valence electrons. The van der Waals surface area contributed by atoms with E-state index in [1.54, 1.807) is 0 Å². The Bertz CT molecular complexity index is 806. The van der Waals surface area contributed by atoms with Crippen molar-refractivity contribution >= 4 is 16.9 Å². The Kier molecular flexibility index (Phi) is 6.20. The second-order valence-electron chi connectivity index (χ2n) is 8.08. The minimum atomic E-state index is 0.225. The Balaban J connectivity index is 1.33. The molecule has 0 saturated heterocycles. The molecule has 1 saturated carbocycles. The maximum Gasteiger partial charge on any atom is 0.223 e. The second kappa shape index (κ2) is 8.99. The third-order valence-electron chi connectivity index (χ3n) is 6.16. The fourth-order valence-electron chi connectivity index (χ4n) is 4.63. The molecule has 2 aromatic rings. The van der Waals surface area contributed by atoms with Crippen LogP contribution in [0.3, 0.4) is 0 Å². The molecule has 1 fully saturated rings. The quantitative estimate of drug-likeness (QED) is 0.756. The number of carbonyl (C=O) groups is 1. The SMILES string of the molecule is CCOc1cccc2c3c(oc12)CN(CCNC(=O)C1CCCCCC1)CC3. The van der Waals surface area contributed by atoms with E-state index < -0.39 is 0 Å². The van der Waals surface area contributed by atoms with Gasteiger partial charge in [0.05, 0.1) is 13.2 Å². The van der Waals surface area contributed by atoms with E-state index in [9.17, 15) is 4.79 Å². The molecule has 0 radical (unpaired) electrons. The number of hydrogen-bond donors (Lipinski definition) is 1. The van der Waals surface area contributed by atoms with Gasteiger partial charge in [0.2, 0.25) is 5.91 Å². The molecule has 1 aliphatic carbocycles. The van der Waals surface area contributed by atoms with Gasteiger partial charge in [-0.25, -0.2) is 0 Å². The van der Waals surface area contributed by atoms with Gasteiger partial charge in [0.15, 0.2) is 11.3 Å².